The normalized spacial score (nSPS) is 13.8. The molecule has 0 aliphatic carbocycles. The Bertz CT molecular complexity index is 1540. The second-order valence-electron chi connectivity index (χ2n) is 27.4. The quantitative estimate of drug-likeness (QED) is 0.0243. The third-order valence-electron chi connectivity index (χ3n) is 17.5. The minimum absolute atomic E-state index is 0.0578. The number of phosphoric acid groups is 1. The maximum absolute atomic E-state index is 13.1. The summed E-state index contributed by atoms with van der Waals surface area (Å²) in [4.78, 5) is 23.5. The van der Waals surface area contributed by atoms with Crippen molar-refractivity contribution in [3.8, 4) is 0 Å². The van der Waals surface area contributed by atoms with Crippen LogP contribution < -0.4 is 5.32 Å². The zero-order chi connectivity index (χ0) is 62.6. The topological polar surface area (TPSA) is 105 Å². The number of carbonyl (C=O) groups is 1. The third-order valence-corrected chi connectivity index (χ3v) is 18.5. The van der Waals surface area contributed by atoms with Crippen LogP contribution >= 0.6 is 7.82 Å². The average molecular weight is 1230 g/mol. The van der Waals surface area contributed by atoms with Crippen LogP contribution in [0.3, 0.4) is 0 Å². The van der Waals surface area contributed by atoms with Gasteiger partial charge in [0.2, 0.25) is 5.91 Å². The van der Waals surface area contributed by atoms with Gasteiger partial charge in [0.1, 0.15) is 13.2 Å². The van der Waals surface area contributed by atoms with E-state index >= 15 is 0 Å². The van der Waals surface area contributed by atoms with Crippen LogP contribution in [0, 0.1) is 0 Å². The van der Waals surface area contributed by atoms with Crippen LogP contribution in [0.15, 0.2) is 48.6 Å². The number of nitrogens with zero attached hydrogens (tertiary/aromatic N) is 1. The van der Waals surface area contributed by atoms with Crippen molar-refractivity contribution in [2.45, 2.75) is 398 Å². The summed E-state index contributed by atoms with van der Waals surface area (Å²) in [7, 11) is 1.57. The highest BCUT2D eigenvalue weighted by Crippen LogP contribution is 2.43. The van der Waals surface area contributed by atoms with Crippen molar-refractivity contribution in [2.24, 2.45) is 0 Å². The minimum Gasteiger partial charge on any atom is -0.387 e. The fourth-order valence-electron chi connectivity index (χ4n) is 11.6. The molecule has 3 N–H and O–H groups in total. The summed E-state index contributed by atoms with van der Waals surface area (Å²) >= 11 is 0. The van der Waals surface area contributed by atoms with E-state index in [0.29, 0.717) is 17.4 Å². The number of unbranched alkanes of at least 4 members (excludes halogenated alkanes) is 52. The summed E-state index contributed by atoms with van der Waals surface area (Å²) in [6, 6.07) is -0.864. The number of aliphatic hydroxyl groups is 1. The summed E-state index contributed by atoms with van der Waals surface area (Å²) in [5.41, 5.74) is 0. The number of quaternary nitrogens is 1. The second kappa shape index (κ2) is 67.8. The number of allylic oxidation sites excluding steroid dienone is 7. The van der Waals surface area contributed by atoms with E-state index in [4.69, 9.17) is 9.05 Å². The largest absolute Gasteiger partial charge is 0.472 e. The first-order valence-electron chi connectivity index (χ1n) is 38.0. The molecule has 86 heavy (non-hydrogen) atoms. The molecule has 9 heteroatoms. The molecular weight excluding hydrogens is 1080 g/mol. The minimum atomic E-state index is -4.36. The Morgan fingerprint density at radius 2 is 0.674 bits per heavy atom. The molecule has 3 atom stereocenters. The van der Waals surface area contributed by atoms with E-state index in [9.17, 15) is 19.4 Å². The Morgan fingerprint density at radius 3 is 1.00 bits per heavy atom. The lowest BCUT2D eigenvalue weighted by atomic mass is 10.0. The van der Waals surface area contributed by atoms with Gasteiger partial charge in [-0.25, -0.2) is 4.57 Å². The fraction of sp³-hybridized carbons (Fsp3) is 0.883. The smallest absolute Gasteiger partial charge is 0.387 e. The molecule has 0 aromatic heterocycles. The number of amides is 1. The highest BCUT2D eigenvalue weighted by molar-refractivity contribution is 7.47. The molecule has 0 aromatic rings. The Kier molecular flexibility index (Phi) is 66.6. The van der Waals surface area contributed by atoms with Crippen LogP contribution in [0.25, 0.3) is 0 Å². The number of carbonyl (C=O) groups excluding carboxylic acids is 1. The van der Waals surface area contributed by atoms with Crippen LogP contribution in [0.5, 0.6) is 0 Å². The number of phosphoric ester groups is 1. The predicted molar refractivity (Wildman–Crippen MR) is 378 cm³/mol. The lowest BCUT2D eigenvalue weighted by molar-refractivity contribution is -0.870. The predicted octanol–water partition coefficient (Wildman–Crippen LogP) is 24.6. The number of hydrogen-bond donors (Lipinski definition) is 3. The first-order chi connectivity index (χ1) is 42.0. The van der Waals surface area contributed by atoms with E-state index in [2.05, 4.69) is 55.6 Å². The lowest BCUT2D eigenvalue weighted by Crippen LogP contribution is -2.45. The van der Waals surface area contributed by atoms with Crippen LogP contribution in [0.2, 0.25) is 0 Å². The van der Waals surface area contributed by atoms with Gasteiger partial charge < -0.3 is 19.8 Å². The first kappa shape index (κ1) is 84.5. The molecule has 0 saturated heterocycles. The number of aliphatic hydroxyl groups excluding tert-OH is 1. The summed E-state index contributed by atoms with van der Waals surface area (Å²) in [5, 5.41) is 14.0. The van der Waals surface area contributed by atoms with Crippen molar-refractivity contribution < 1.29 is 32.9 Å². The maximum atomic E-state index is 13.1. The summed E-state index contributed by atoms with van der Waals surface area (Å²) in [6.45, 7) is 4.84. The summed E-state index contributed by atoms with van der Waals surface area (Å²) in [6.07, 6.45) is 93.0. The van der Waals surface area contributed by atoms with Crippen molar-refractivity contribution in [3.05, 3.63) is 48.6 Å². The van der Waals surface area contributed by atoms with E-state index in [-0.39, 0.29) is 19.1 Å². The number of rotatable bonds is 71. The molecule has 0 aromatic carbocycles. The molecule has 1 amide bonds. The van der Waals surface area contributed by atoms with Crippen LogP contribution in [-0.2, 0) is 18.4 Å². The van der Waals surface area contributed by atoms with E-state index in [1.54, 1.807) is 6.08 Å². The van der Waals surface area contributed by atoms with Gasteiger partial charge in [0.25, 0.3) is 0 Å². The number of likely N-dealkylation sites (N-methyl/N-ethyl adjacent to an activating group) is 1. The molecule has 0 heterocycles. The highest BCUT2D eigenvalue weighted by Gasteiger charge is 2.28. The monoisotopic (exact) mass is 1230 g/mol. The van der Waals surface area contributed by atoms with Gasteiger partial charge in [-0.05, 0) is 64.2 Å². The Morgan fingerprint density at radius 1 is 0.395 bits per heavy atom. The molecule has 0 rings (SSSR count). The Hall–Kier alpha value is -1.54. The van der Waals surface area contributed by atoms with Crippen LogP contribution in [-0.4, -0.2) is 73.4 Å². The molecule has 0 aliphatic heterocycles. The van der Waals surface area contributed by atoms with Gasteiger partial charge in [-0.3, -0.25) is 13.8 Å². The SMILES string of the molecule is CCCCCCC/C=C\C/C=C\CCCCCCCCCCCCCCCCCCCCCCCCCCCC(=O)NC(COP(=O)(O)OCC[N+](C)(C)C)C(O)/C=C/CC/C=C/CCCCCCCCCCCCCCCCCCCCCCC. The van der Waals surface area contributed by atoms with Gasteiger partial charge in [0.15, 0.2) is 0 Å². The van der Waals surface area contributed by atoms with Crippen molar-refractivity contribution in [2.75, 3.05) is 40.9 Å². The van der Waals surface area contributed by atoms with Gasteiger partial charge in [-0.2, -0.15) is 0 Å². The van der Waals surface area contributed by atoms with Crippen molar-refractivity contribution in [3.63, 3.8) is 0 Å². The van der Waals surface area contributed by atoms with Gasteiger partial charge in [0, 0.05) is 6.42 Å². The van der Waals surface area contributed by atoms with E-state index in [0.717, 1.165) is 44.9 Å². The second-order valence-corrected chi connectivity index (χ2v) is 28.8. The van der Waals surface area contributed by atoms with Crippen molar-refractivity contribution >= 4 is 13.7 Å². The van der Waals surface area contributed by atoms with Crippen LogP contribution in [0.4, 0.5) is 0 Å². The highest BCUT2D eigenvalue weighted by atomic mass is 31.2. The van der Waals surface area contributed by atoms with Gasteiger partial charge in [0.05, 0.1) is 39.9 Å². The number of hydrogen-bond acceptors (Lipinski definition) is 5. The molecule has 0 bridgehead atoms. The van der Waals surface area contributed by atoms with Gasteiger partial charge in [-0.15, -0.1) is 0 Å². The molecule has 0 fully saturated rings. The van der Waals surface area contributed by atoms with E-state index < -0.39 is 20.0 Å². The average Bonchev–Trinajstić information content (AvgIpc) is 3.70. The molecular formula is C77H150N2O6P+. The van der Waals surface area contributed by atoms with Crippen LogP contribution in [0.1, 0.15) is 386 Å². The maximum Gasteiger partial charge on any atom is 0.472 e. The van der Waals surface area contributed by atoms with Gasteiger partial charge >= 0.3 is 7.82 Å². The van der Waals surface area contributed by atoms with Crippen molar-refractivity contribution in [1.29, 1.82) is 0 Å². The van der Waals surface area contributed by atoms with E-state index in [1.807, 2.05) is 27.2 Å². The molecule has 0 radical (unpaired) electrons. The molecule has 8 nitrogen and oxygen atoms in total. The zero-order valence-corrected chi connectivity index (χ0v) is 59.2. The fourth-order valence-corrected chi connectivity index (χ4v) is 12.4. The lowest BCUT2D eigenvalue weighted by Gasteiger charge is -2.25. The summed E-state index contributed by atoms with van der Waals surface area (Å²) < 4.78 is 23.8. The van der Waals surface area contributed by atoms with E-state index in [1.165, 1.54) is 321 Å². The molecule has 0 aliphatic rings. The zero-order valence-electron chi connectivity index (χ0n) is 58.3. The standard InChI is InChI=1S/C77H149N2O6P/c1-6-8-10-12-14-16-18-20-22-24-26-28-30-32-34-35-36-37-38-39-40-41-42-43-45-47-49-51-53-55-57-59-61-63-65-67-69-71-77(81)78-75(74-85-86(82,83)84-73-72-79(3,4)5)76(80)70-68-66-64-62-60-58-56-54-52-50-48-46-44-33-31-29-27-25-23-21-19-17-15-13-11-9-7-2/h18,20,24,26,60,62,68,70,75-76,80H,6-17,19,21-23,25,27-59,61,63-67,69,71-74H2,1-5H3,(H-,78,81,82,83)/p+1/b20-18-,26-24-,62-60+,70-68+. The van der Waals surface area contributed by atoms with Gasteiger partial charge in [-0.1, -0.05) is 364 Å². The first-order valence-corrected chi connectivity index (χ1v) is 39.5. The number of nitrogens with one attached hydrogen (secondary N) is 1. The summed E-state index contributed by atoms with van der Waals surface area (Å²) in [5.74, 6) is -0.179. The molecule has 3 unspecified atom stereocenters. The molecule has 0 spiro atoms. The Balaban J connectivity index is 3.99. The van der Waals surface area contributed by atoms with Crippen molar-refractivity contribution in [1.82, 2.24) is 5.32 Å². The Labute approximate surface area is 537 Å². The molecule has 508 valence electrons. The third kappa shape index (κ3) is 69.9. The molecule has 0 saturated carbocycles.